The van der Waals surface area contributed by atoms with Gasteiger partial charge in [-0.1, -0.05) is 6.92 Å². The van der Waals surface area contributed by atoms with Gasteiger partial charge in [-0.25, -0.2) is 8.42 Å². The van der Waals surface area contributed by atoms with E-state index in [9.17, 15) is 13.2 Å². The van der Waals surface area contributed by atoms with Crippen molar-refractivity contribution in [3.8, 4) is 0 Å². The third kappa shape index (κ3) is 4.30. The van der Waals surface area contributed by atoms with E-state index in [2.05, 4.69) is 0 Å². The van der Waals surface area contributed by atoms with Gasteiger partial charge in [0, 0.05) is 0 Å². The van der Waals surface area contributed by atoms with E-state index in [1.807, 2.05) is 0 Å². The molecular formula is C6H13NO4S. The number of nitrogens with one attached hydrogen (secondary N) is 1. The van der Waals surface area contributed by atoms with E-state index >= 15 is 0 Å². The molecule has 0 radical (unpaired) electrons. The highest BCUT2D eigenvalue weighted by molar-refractivity contribution is 7.89. The zero-order valence-corrected chi connectivity index (χ0v) is 8.05. The molecule has 2 N–H and O–H groups in total. The van der Waals surface area contributed by atoms with Crippen LogP contribution in [0.2, 0.25) is 0 Å². The number of rotatable bonds is 3. The van der Waals surface area contributed by atoms with Crippen LogP contribution in [0.1, 0.15) is 13.8 Å². The van der Waals surface area contributed by atoms with E-state index in [1.54, 1.807) is 4.72 Å². The van der Waals surface area contributed by atoms with Crippen molar-refractivity contribution in [3.63, 3.8) is 0 Å². The third-order valence-corrected chi connectivity index (χ3v) is 2.00. The molecule has 0 bridgehead atoms. The first kappa shape index (κ1) is 11.4. The molecule has 2 atom stereocenters. The summed E-state index contributed by atoms with van der Waals surface area (Å²) in [6, 6.07) is 0. The quantitative estimate of drug-likeness (QED) is 0.610. The van der Waals surface area contributed by atoms with Crippen molar-refractivity contribution in [1.82, 2.24) is 4.72 Å². The number of hydrogen-bond donors (Lipinski definition) is 2. The summed E-state index contributed by atoms with van der Waals surface area (Å²) >= 11 is 0. The molecular weight excluding hydrogens is 182 g/mol. The molecule has 5 nitrogen and oxygen atoms in total. The molecule has 0 aliphatic carbocycles. The minimum absolute atomic E-state index is 0.687. The van der Waals surface area contributed by atoms with Crippen LogP contribution in [-0.4, -0.2) is 31.8 Å². The lowest BCUT2D eigenvalue weighted by Gasteiger charge is -2.12. The number of sulfonamides is 1. The second-order valence-electron chi connectivity index (χ2n) is 2.77. The second-order valence-corrected chi connectivity index (χ2v) is 4.52. The molecule has 0 unspecified atom stereocenters. The zero-order valence-electron chi connectivity index (χ0n) is 7.23. The fourth-order valence-corrected chi connectivity index (χ4v) is 1.05. The molecule has 6 heteroatoms. The lowest BCUT2D eigenvalue weighted by atomic mass is 10.1. The Morgan fingerprint density at radius 1 is 1.42 bits per heavy atom. The maximum Gasteiger partial charge on any atom is 0.238 e. The lowest BCUT2D eigenvalue weighted by molar-refractivity contribution is -0.125. The minimum atomic E-state index is -3.51. The zero-order chi connectivity index (χ0) is 9.94. The average Bonchev–Trinajstić information content (AvgIpc) is 1.82. The first-order valence-corrected chi connectivity index (χ1v) is 5.33. The molecule has 0 saturated heterocycles. The summed E-state index contributed by atoms with van der Waals surface area (Å²) in [5, 5.41) is 8.93. The van der Waals surface area contributed by atoms with Gasteiger partial charge >= 0.3 is 0 Å². The van der Waals surface area contributed by atoms with Gasteiger partial charge in [0.25, 0.3) is 0 Å². The van der Waals surface area contributed by atoms with Gasteiger partial charge in [0.2, 0.25) is 15.9 Å². The van der Waals surface area contributed by atoms with Crippen molar-refractivity contribution in [3.05, 3.63) is 0 Å². The Morgan fingerprint density at radius 2 is 1.83 bits per heavy atom. The van der Waals surface area contributed by atoms with Gasteiger partial charge in [-0.05, 0) is 6.92 Å². The number of carbonyl (C=O) groups excluding carboxylic acids is 1. The van der Waals surface area contributed by atoms with Gasteiger partial charge in [-0.3, -0.25) is 9.52 Å². The van der Waals surface area contributed by atoms with Crippen LogP contribution in [0.15, 0.2) is 0 Å². The molecule has 0 aromatic rings. The summed E-state index contributed by atoms with van der Waals surface area (Å²) in [6.45, 7) is 2.87. The van der Waals surface area contributed by atoms with Crippen molar-refractivity contribution < 1.29 is 18.3 Å². The number of aliphatic hydroxyl groups is 1. The maximum atomic E-state index is 10.9. The summed E-state index contributed by atoms with van der Waals surface area (Å²) in [6.07, 6.45) is 0.0337. The molecule has 12 heavy (non-hydrogen) atoms. The van der Waals surface area contributed by atoms with Gasteiger partial charge in [0.15, 0.2) is 0 Å². The van der Waals surface area contributed by atoms with E-state index < -0.39 is 28.0 Å². The number of aliphatic hydroxyl groups excluding tert-OH is 1. The Bertz CT molecular complexity index is 257. The van der Waals surface area contributed by atoms with E-state index in [-0.39, 0.29) is 0 Å². The molecule has 0 aromatic heterocycles. The predicted molar refractivity (Wildman–Crippen MR) is 43.8 cm³/mol. The second kappa shape index (κ2) is 3.86. The molecule has 0 aliphatic heterocycles. The maximum absolute atomic E-state index is 10.9. The number of amides is 1. The van der Waals surface area contributed by atoms with Crippen molar-refractivity contribution in [2.75, 3.05) is 6.26 Å². The van der Waals surface area contributed by atoms with Crippen LogP contribution in [0.3, 0.4) is 0 Å². The Kier molecular flexibility index (Phi) is 3.66. The first-order valence-electron chi connectivity index (χ1n) is 3.43. The van der Waals surface area contributed by atoms with Gasteiger partial charge < -0.3 is 5.11 Å². The van der Waals surface area contributed by atoms with Crippen LogP contribution >= 0.6 is 0 Å². The van der Waals surface area contributed by atoms with Gasteiger partial charge in [0.05, 0.1) is 18.3 Å². The van der Waals surface area contributed by atoms with Crippen molar-refractivity contribution >= 4 is 15.9 Å². The fourth-order valence-electron chi connectivity index (χ4n) is 0.495. The molecule has 0 aliphatic rings. The molecule has 0 fully saturated rings. The summed E-state index contributed by atoms with van der Waals surface area (Å²) < 4.78 is 22.9. The van der Waals surface area contributed by atoms with Crippen LogP contribution in [0, 0.1) is 5.92 Å². The Balaban J connectivity index is 4.25. The SMILES string of the molecule is C[C@H](C(=O)NS(C)(=O)=O)[C@@H](C)O. The third-order valence-electron chi connectivity index (χ3n) is 1.42. The largest absolute Gasteiger partial charge is 0.393 e. The highest BCUT2D eigenvalue weighted by Crippen LogP contribution is 2.01. The highest BCUT2D eigenvalue weighted by atomic mass is 32.2. The van der Waals surface area contributed by atoms with Crippen molar-refractivity contribution in [1.29, 1.82) is 0 Å². The molecule has 0 spiro atoms. The summed E-state index contributed by atoms with van der Waals surface area (Å²) in [5.74, 6) is -1.41. The predicted octanol–water partition coefficient (Wildman–Crippen LogP) is -0.921. The van der Waals surface area contributed by atoms with E-state index in [0.717, 1.165) is 6.26 Å². The molecule has 0 saturated carbocycles. The Morgan fingerprint density at radius 3 is 2.08 bits per heavy atom. The van der Waals surface area contributed by atoms with Crippen LogP contribution in [0.4, 0.5) is 0 Å². The van der Waals surface area contributed by atoms with Crippen molar-refractivity contribution in [2.45, 2.75) is 20.0 Å². The number of hydrogen-bond acceptors (Lipinski definition) is 4. The summed E-state index contributed by atoms with van der Waals surface area (Å²) in [7, 11) is -3.51. The lowest BCUT2D eigenvalue weighted by Crippen LogP contribution is -2.37. The molecule has 72 valence electrons. The van der Waals surface area contributed by atoms with Crippen LogP contribution in [0.25, 0.3) is 0 Å². The summed E-state index contributed by atoms with van der Waals surface area (Å²) in [4.78, 5) is 10.9. The Labute approximate surface area is 71.8 Å². The van der Waals surface area contributed by atoms with Crippen LogP contribution in [0.5, 0.6) is 0 Å². The average molecular weight is 195 g/mol. The summed E-state index contributed by atoms with van der Waals surface area (Å²) in [5.41, 5.74) is 0. The van der Waals surface area contributed by atoms with E-state index in [1.165, 1.54) is 13.8 Å². The fraction of sp³-hybridized carbons (Fsp3) is 0.833. The smallest absolute Gasteiger partial charge is 0.238 e. The first-order chi connectivity index (χ1) is 5.24. The number of carbonyl (C=O) groups is 1. The van der Waals surface area contributed by atoms with Gasteiger partial charge in [0.1, 0.15) is 0 Å². The molecule has 1 amide bonds. The standard InChI is InChI=1S/C6H13NO4S/c1-4(5(2)8)6(9)7-12(3,10)11/h4-5,8H,1-3H3,(H,7,9)/t4-,5+/m0/s1. The van der Waals surface area contributed by atoms with Crippen molar-refractivity contribution in [2.24, 2.45) is 5.92 Å². The monoisotopic (exact) mass is 195 g/mol. The van der Waals surface area contributed by atoms with Gasteiger partial charge in [-0.15, -0.1) is 0 Å². The molecule has 0 aromatic carbocycles. The molecule has 0 rings (SSSR count). The highest BCUT2D eigenvalue weighted by Gasteiger charge is 2.20. The molecule has 0 heterocycles. The minimum Gasteiger partial charge on any atom is -0.393 e. The van der Waals surface area contributed by atoms with Gasteiger partial charge in [-0.2, -0.15) is 0 Å². The van der Waals surface area contributed by atoms with Crippen LogP contribution < -0.4 is 4.72 Å². The Hall–Kier alpha value is -0.620. The normalized spacial score (nSPS) is 16.7. The van der Waals surface area contributed by atoms with Crippen LogP contribution in [-0.2, 0) is 14.8 Å². The topological polar surface area (TPSA) is 83.5 Å². The van der Waals surface area contributed by atoms with E-state index in [4.69, 9.17) is 5.11 Å². The van der Waals surface area contributed by atoms with E-state index in [0.29, 0.717) is 0 Å².